The summed E-state index contributed by atoms with van der Waals surface area (Å²) in [4.78, 5) is 23.0. The van der Waals surface area contributed by atoms with Crippen LogP contribution < -0.4 is 21.7 Å². The van der Waals surface area contributed by atoms with Crippen molar-refractivity contribution in [1.29, 1.82) is 5.41 Å². The minimum atomic E-state index is -0.695. The molecule has 0 heterocycles. The summed E-state index contributed by atoms with van der Waals surface area (Å²) < 4.78 is 0. The second-order valence-electron chi connectivity index (χ2n) is 5.03. The normalized spacial score (nSPS) is 12.0. The maximum absolute atomic E-state index is 11.7. The Morgan fingerprint density at radius 3 is 2.48 bits per heavy atom. The molecule has 0 radical (unpaired) electrons. The molecule has 0 spiro atoms. The first-order chi connectivity index (χ1) is 9.76. The number of hydrogen-bond donors (Lipinski definition) is 5. The van der Waals surface area contributed by atoms with Gasteiger partial charge >= 0.3 is 0 Å². The highest BCUT2D eigenvalue weighted by molar-refractivity contribution is 5.89. The minimum absolute atomic E-state index is 0.0484. The molecule has 1 atom stereocenters. The number of carbonyl (C=O) groups excluding carboxylic acids is 2. The molecule has 0 saturated carbocycles. The number of rotatable bonds is 8. The summed E-state index contributed by atoms with van der Waals surface area (Å²) in [7, 11) is 0. The fourth-order valence-electron chi connectivity index (χ4n) is 1.58. The van der Waals surface area contributed by atoms with Crippen LogP contribution in [0.5, 0.6) is 0 Å². The van der Waals surface area contributed by atoms with Gasteiger partial charge in [0.15, 0.2) is 5.96 Å². The van der Waals surface area contributed by atoms with Gasteiger partial charge in [-0.2, -0.15) is 0 Å². The van der Waals surface area contributed by atoms with Crippen molar-refractivity contribution < 1.29 is 9.59 Å². The van der Waals surface area contributed by atoms with E-state index in [1.54, 1.807) is 12.2 Å². The number of nitrogens with one attached hydrogen (secondary N) is 4. The van der Waals surface area contributed by atoms with E-state index in [0.29, 0.717) is 12.1 Å². The second kappa shape index (κ2) is 9.57. The molecule has 0 saturated heterocycles. The topological polar surface area (TPSA) is 120 Å². The van der Waals surface area contributed by atoms with E-state index in [4.69, 9.17) is 11.1 Å². The maximum atomic E-state index is 11.7. The molecule has 0 aliphatic rings. The van der Waals surface area contributed by atoms with E-state index >= 15 is 0 Å². The number of amides is 2. The van der Waals surface area contributed by atoms with Gasteiger partial charge in [0, 0.05) is 5.70 Å². The predicted octanol–water partition coefficient (Wildman–Crippen LogP) is 0.206. The van der Waals surface area contributed by atoms with Crippen molar-refractivity contribution in [3.05, 3.63) is 24.4 Å². The molecule has 118 valence electrons. The highest BCUT2D eigenvalue weighted by Crippen LogP contribution is 2.03. The van der Waals surface area contributed by atoms with Crippen molar-refractivity contribution in [1.82, 2.24) is 16.0 Å². The van der Waals surface area contributed by atoms with Crippen LogP contribution in [0.4, 0.5) is 0 Å². The van der Waals surface area contributed by atoms with Crippen molar-refractivity contribution in [3.8, 4) is 0 Å². The van der Waals surface area contributed by atoms with Gasteiger partial charge in [-0.1, -0.05) is 26.5 Å². The van der Waals surface area contributed by atoms with Crippen LogP contribution in [0.3, 0.4) is 0 Å². The first-order valence-corrected chi connectivity index (χ1v) is 6.76. The number of guanidine groups is 1. The van der Waals surface area contributed by atoms with Gasteiger partial charge in [-0.15, -0.1) is 0 Å². The summed E-state index contributed by atoms with van der Waals surface area (Å²) in [5.41, 5.74) is 5.77. The van der Waals surface area contributed by atoms with Crippen LogP contribution in [0.15, 0.2) is 24.4 Å². The Kier molecular flexibility index (Phi) is 8.52. The van der Waals surface area contributed by atoms with Crippen LogP contribution in [0.1, 0.15) is 27.2 Å². The quantitative estimate of drug-likeness (QED) is 0.250. The monoisotopic (exact) mass is 295 g/mol. The van der Waals surface area contributed by atoms with Gasteiger partial charge in [0.05, 0.1) is 6.54 Å². The Morgan fingerprint density at radius 2 is 2.00 bits per heavy atom. The van der Waals surface area contributed by atoms with E-state index in [-0.39, 0.29) is 18.4 Å². The van der Waals surface area contributed by atoms with Crippen LogP contribution in [0.25, 0.3) is 0 Å². The first kappa shape index (κ1) is 18.7. The van der Waals surface area contributed by atoms with Gasteiger partial charge in [-0.05, 0) is 25.3 Å². The molecule has 0 aliphatic heterocycles. The van der Waals surface area contributed by atoms with Crippen molar-refractivity contribution in [2.75, 3.05) is 6.54 Å². The Morgan fingerprint density at radius 1 is 1.38 bits per heavy atom. The maximum Gasteiger partial charge on any atom is 0.240 e. The van der Waals surface area contributed by atoms with Crippen molar-refractivity contribution in [3.63, 3.8) is 0 Å². The number of primary amides is 1. The third-order valence-corrected chi connectivity index (χ3v) is 2.46. The zero-order chi connectivity index (χ0) is 16.4. The number of hydrogen-bond acceptors (Lipinski definition) is 3. The lowest BCUT2D eigenvalue weighted by molar-refractivity contribution is -0.127. The molecule has 7 heteroatoms. The van der Waals surface area contributed by atoms with Crippen LogP contribution in [0.2, 0.25) is 0 Å². The highest BCUT2D eigenvalue weighted by Gasteiger charge is 2.19. The lowest BCUT2D eigenvalue weighted by Crippen LogP contribution is -2.49. The van der Waals surface area contributed by atoms with Crippen LogP contribution in [-0.2, 0) is 9.59 Å². The van der Waals surface area contributed by atoms with Gasteiger partial charge in [0.2, 0.25) is 11.8 Å². The summed E-state index contributed by atoms with van der Waals surface area (Å²) in [6, 6.07) is -0.695. The van der Waals surface area contributed by atoms with Crippen LogP contribution in [-0.4, -0.2) is 30.4 Å². The lowest BCUT2D eigenvalue weighted by atomic mass is 10.0. The molecule has 0 bridgehead atoms. The molecule has 2 amide bonds. The van der Waals surface area contributed by atoms with Gasteiger partial charge in [0.25, 0.3) is 0 Å². The number of nitrogens with two attached hydrogens (primary N) is 1. The fraction of sp³-hybridized carbons (Fsp3) is 0.500. The molecule has 21 heavy (non-hydrogen) atoms. The van der Waals surface area contributed by atoms with Crippen LogP contribution >= 0.6 is 0 Å². The average Bonchev–Trinajstić information content (AvgIpc) is 2.35. The van der Waals surface area contributed by atoms with Crippen molar-refractivity contribution in [2.24, 2.45) is 11.7 Å². The summed E-state index contributed by atoms with van der Waals surface area (Å²) in [5, 5.41) is 15.4. The molecule has 0 aromatic heterocycles. The summed E-state index contributed by atoms with van der Waals surface area (Å²) in [5.74, 6) is -0.776. The Labute approximate surface area is 125 Å². The Bertz CT molecular complexity index is 429. The van der Waals surface area contributed by atoms with E-state index < -0.39 is 17.9 Å². The van der Waals surface area contributed by atoms with E-state index in [2.05, 4.69) is 22.5 Å². The summed E-state index contributed by atoms with van der Waals surface area (Å²) in [6.07, 6.45) is 3.95. The Balaban J connectivity index is 4.21. The molecule has 0 aromatic rings. The fourth-order valence-corrected chi connectivity index (χ4v) is 1.58. The Hall–Kier alpha value is -2.31. The lowest BCUT2D eigenvalue weighted by Gasteiger charge is -2.18. The molecule has 7 nitrogen and oxygen atoms in total. The van der Waals surface area contributed by atoms with Gasteiger partial charge in [0.1, 0.15) is 6.04 Å². The van der Waals surface area contributed by atoms with E-state index in [9.17, 15) is 9.59 Å². The standard InChI is InChI=1S/C14H25N5O2/c1-5-6-10(4)18-14(16)17-8-12(20)19-11(13(15)21)7-9(2)3/h5-6,9,11H,4,7-8H2,1-3H3,(H2,15,21)(H,19,20)(H3,16,17,18)/b6-5-. The van der Waals surface area contributed by atoms with Gasteiger partial charge < -0.3 is 21.7 Å². The van der Waals surface area contributed by atoms with E-state index in [1.165, 1.54) is 0 Å². The summed E-state index contributed by atoms with van der Waals surface area (Å²) >= 11 is 0. The third kappa shape index (κ3) is 9.26. The SMILES string of the molecule is C=C(/C=C\C)NC(=N)NCC(=O)NC(CC(C)C)C(N)=O. The zero-order valence-corrected chi connectivity index (χ0v) is 12.8. The van der Waals surface area contributed by atoms with Gasteiger partial charge in [-0.3, -0.25) is 15.0 Å². The molecule has 0 aliphatic carbocycles. The van der Waals surface area contributed by atoms with Crippen LogP contribution in [0, 0.1) is 11.3 Å². The number of carbonyl (C=O) groups is 2. The van der Waals surface area contributed by atoms with Crippen molar-refractivity contribution >= 4 is 17.8 Å². The van der Waals surface area contributed by atoms with E-state index in [1.807, 2.05) is 20.8 Å². The zero-order valence-electron chi connectivity index (χ0n) is 12.8. The second-order valence-corrected chi connectivity index (χ2v) is 5.03. The van der Waals surface area contributed by atoms with Crippen molar-refractivity contribution in [2.45, 2.75) is 33.2 Å². The minimum Gasteiger partial charge on any atom is -0.368 e. The van der Waals surface area contributed by atoms with E-state index in [0.717, 1.165) is 0 Å². The predicted molar refractivity (Wildman–Crippen MR) is 83.4 cm³/mol. The molecule has 1 unspecified atom stereocenters. The molecule has 0 aromatic carbocycles. The molecule has 0 rings (SSSR count). The molecule has 0 fully saturated rings. The molecular weight excluding hydrogens is 270 g/mol. The molecule has 6 N–H and O–H groups in total. The smallest absolute Gasteiger partial charge is 0.240 e. The third-order valence-electron chi connectivity index (χ3n) is 2.46. The highest BCUT2D eigenvalue weighted by atomic mass is 16.2. The average molecular weight is 295 g/mol. The molecular formula is C14H25N5O2. The largest absolute Gasteiger partial charge is 0.368 e. The number of allylic oxidation sites excluding steroid dienone is 2. The first-order valence-electron chi connectivity index (χ1n) is 6.76. The van der Waals surface area contributed by atoms with Gasteiger partial charge in [-0.25, -0.2) is 0 Å². The summed E-state index contributed by atoms with van der Waals surface area (Å²) in [6.45, 7) is 9.25.